The molecule has 0 unspecified atom stereocenters. The first-order chi connectivity index (χ1) is 20.9. The Balaban J connectivity index is 1.20. The van der Waals surface area contributed by atoms with E-state index >= 15 is 0 Å². The van der Waals surface area contributed by atoms with E-state index in [4.69, 9.17) is 14.2 Å². The summed E-state index contributed by atoms with van der Waals surface area (Å²) >= 11 is 0. The molecule has 1 amide bonds. The number of ether oxygens (including phenoxy) is 3. The smallest absolute Gasteiger partial charge is 0.335 e. The Morgan fingerprint density at radius 1 is 0.767 bits per heavy atom. The summed E-state index contributed by atoms with van der Waals surface area (Å²) in [5.41, 5.74) is 1.23. The average molecular weight is 590 g/mol. The second-order valence-corrected chi connectivity index (χ2v) is 10.7. The van der Waals surface area contributed by atoms with Crippen LogP contribution in [0.4, 0.5) is 0 Å². The number of para-hydroxylation sites is 1. The van der Waals surface area contributed by atoms with Gasteiger partial charge in [0.15, 0.2) is 0 Å². The van der Waals surface area contributed by atoms with Gasteiger partial charge in [0.25, 0.3) is 5.91 Å². The highest BCUT2D eigenvalue weighted by Crippen LogP contribution is 2.26. The quantitative estimate of drug-likeness (QED) is 0.173. The Hall–Kier alpha value is -4.53. The number of carboxylic acid groups (broad SMARTS) is 2. The number of nitrogens with one attached hydrogen (secondary N) is 1. The lowest BCUT2D eigenvalue weighted by atomic mass is 9.85. The lowest BCUT2D eigenvalue weighted by Crippen LogP contribution is -2.40. The number of rotatable bonds is 16. The van der Waals surface area contributed by atoms with Crippen LogP contribution < -0.4 is 19.5 Å². The molecule has 4 rings (SSSR count). The first-order valence-corrected chi connectivity index (χ1v) is 14.8. The molecule has 9 nitrogen and oxygen atoms in total. The molecule has 0 aromatic heterocycles. The van der Waals surface area contributed by atoms with Gasteiger partial charge in [-0.1, -0.05) is 36.8 Å². The van der Waals surface area contributed by atoms with Crippen molar-refractivity contribution in [3.63, 3.8) is 0 Å². The van der Waals surface area contributed by atoms with E-state index in [0.717, 1.165) is 36.3 Å². The molecule has 9 heteroatoms. The summed E-state index contributed by atoms with van der Waals surface area (Å²) in [6, 6.07) is 21.6. The normalized spacial score (nSPS) is 16.2. The molecule has 3 N–H and O–H groups in total. The third-order valence-electron chi connectivity index (χ3n) is 7.44. The minimum Gasteiger partial charge on any atom is -0.494 e. The summed E-state index contributed by atoms with van der Waals surface area (Å²) in [4.78, 5) is 36.0. The van der Waals surface area contributed by atoms with Gasteiger partial charge >= 0.3 is 11.9 Å². The van der Waals surface area contributed by atoms with Gasteiger partial charge in [-0.15, -0.1) is 0 Å². The fourth-order valence-corrected chi connectivity index (χ4v) is 5.09. The van der Waals surface area contributed by atoms with Crippen molar-refractivity contribution in [3.05, 3.63) is 89.5 Å². The second-order valence-electron chi connectivity index (χ2n) is 10.7. The molecule has 2 atom stereocenters. The van der Waals surface area contributed by atoms with Gasteiger partial charge in [-0.3, -0.25) is 9.59 Å². The zero-order chi connectivity index (χ0) is 30.4. The van der Waals surface area contributed by atoms with Gasteiger partial charge in [-0.2, -0.15) is 0 Å². The van der Waals surface area contributed by atoms with Crippen LogP contribution in [-0.2, 0) is 11.2 Å². The molecule has 1 fully saturated rings. The van der Waals surface area contributed by atoms with Crippen LogP contribution in [0.15, 0.2) is 72.8 Å². The van der Waals surface area contributed by atoms with E-state index in [1.807, 2.05) is 54.6 Å². The van der Waals surface area contributed by atoms with Crippen LogP contribution >= 0.6 is 0 Å². The molecular weight excluding hydrogens is 550 g/mol. The zero-order valence-corrected chi connectivity index (χ0v) is 24.2. The fourth-order valence-electron chi connectivity index (χ4n) is 5.09. The van der Waals surface area contributed by atoms with Crippen molar-refractivity contribution in [2.24, 2.45) is 5.92 Å². The molecule has 1 aliphatic rings. The maximum absolute atomic E-state index is 13.1. The number of hydrogen-bond donors (Lipinski definition) is 3. The van der Waals surface area contributed by atoms with Crippen LogP contribution in [0.25, 0.3) is 0 Å². The van der Waals surface area contributed by atoms with Crippen LogP contribution in [0, 0.1) is 5.92 Å². The van der Waals surface area contributed by atoms with E-state index in [9.17, 15) is 24.6 Å². The van der Waals surface area contributed by atoms with Crippen molar-refractivity contribution in [1.29, 1.82) is 0 Å². The molecular formula is C34H39NO8. The van der Waals surface area contributed by atoms with Crippen LogP contribution in [0.2, 0.25) is 0 Å². The van der Waals surface area contributed by atoms with Crippen molar-refractivity contribution >= 4 is 17.8 Å². The number of carboxylic acids is 2. The molecule has 1 saturated carbocycles. The molecule has 0 spiro atoms. The molecule has 0 heterocycles. The minimum atomic E-state index is -1.14. The van der Waals surface area contributed by atoms with Gasteiger partial charge in [0.05, 0.1) is 36.9 Å². The summed E-state index contributed by atoms with van der Waals surface area (Å²) in [6.07, 6.45) is 5.56. The summed E-state index contributed by atoms with van der Waals surface area (Å²) in [6.45, 7) is 1.60. The molecule has 228 valence electrons. The predicted molar refractivity (Wildman–Crippen MR) is 161 cm³/mol. The lowest BCUT2D eigenvalue weighted by Gasteiger charge is -2.27. The average Bonchev–Trinajstić information content (AvgIpc) is 3.02. The predicted octanol–water partition coefficient (Wildman–Crippen LogP) is 6.01. The van der Waals surface area contributed by atoms with Gasteiger partial charge in [0.2, 0.25) is 0 Å². The van der Waals surface area contributed by atoms with E-state index in [0.29, 0.717) is 57.7 Å². The van der Waals surface area contributed by atoms with Crippen molar-refractivity contribution in [3.8, 4) is 17.2 Å². The molecule has 3 aromatic carbocycles. The highest BCUT2D eigenvalue weighted by Gasteiger charge is 2.29. The molecule has 43 heavy (non-hydrogen) atoms. The number of carbonyl (C=O) groups is 3. The Bertz CT molecular complexity index is 1340. The number of benzene rings is 3. The van der Waals surface area contributed by atoms with E-state index in [2.05, 4.69) is 5.32 Å². The van der Waals surface area contributed by atoms with Crippen LogP contribution in [0.3, 0.4) is 0 Å². The van der Waals surface area contributed by atoms with E-state index in [-0.39, 0.29) is 17.2 Å². The van der Waals surface area contributed by atoms with Crippen molar-refractivity contribution in [2.75, 3.05) is 19.8 Å². The molecule has 3 aromatic rings. The molecule has 0 aliphatic heterocycles. The van der Waals surface area contributed by atoms with Crippen molar-refractivity contribution < 1.29 is 38.8 Å². The third kappa shape index (κ3) is 10.1. The lowest BCUT2D eigenvalue weighted by molar-refractivity contribution is -0.143. The Morgan fingerprint density at radius 2 is 1.44 bits per heavy atom. The van der Waals surface area contributed by atoms with Gasteiger partial charge in [-0.25, -0.2) is 4.79 Å². The number of unbranched alkanes of at least 4 members (excludes halogenated alkanes) is 1. The molecule has 0 bridgehead atoms. The number of aliphatic carboxylic acids is 1. The SMILES string of the molecule is O=C(O)c1ccc(OCCCc2ccc(OCCCCOc3ccccc3)cc2)c(C(=O)N[C@H]2CCC[C@@H](C(=O)O)C2)c1. The Morgan fingerprint density at radius 3 is 2.12 bits per heavy atom. The van der Waals surface area contributed by atoms with E-state index in [1.165, 1.54) is 18.2 Å². The summed E-state index contributed by atoms with van der Waals surface area (Å²) in [7, 11) is 0. The van der Waals surface area contributed by atoms with Crippen LogP contribution in [0.1, 0.15) is 71.2 Å². The van der Waals surface area contributed by atoms with Gasteiger partial charge < -0.3 is 29.7 Å². The standard InChI is InChI=1S/C34H39NO8/c36-32(35-27-10-6-9-25(22-27)33(37)38)30-23-26(34(39)40)15-18-31(30)43-21-7-8-24-13-16-29(17-14-24)42-20-5-4-19-41-28-11-2-1-3-12-28/h1-3,11-18,23,25,27H,4-10,19-22H2,(H,35,36)(H,37,38)(H,39,40)/t25-,27+/m1/s1. The highest BCUT2D eigenvalue weighted by atomic mass is 16.5. The fraction of sp³-hybridized carbons (Fsp3) is 0.382. The highest BCUT2D eigenvalue weighted by molar-refractivity contribution is 6.00. The topological polar surface area (TPSA) is 131 Å². The monoisotopic (exact) mass is 589 g/mol. The van der Waals surface area contributed by atoms with Gasteiger partial charge in [-0.05, 0) is 93.0 Å². The summed E-state index contributed by atoms with van der Waals surface area (Å²) < 4.78 is 17.5. The maximum Gasteiger partial charge on any atom is 0.335 e. The minimum absolute atomic E-state index is 0.0209. The summed E-state index contributed by atoms with van der Waals surface area (Å²) in [5, 5.41) is 21.7. The number of carbonyl (C=O) groups excluding carboxylic acids is 1. The number of amides is 1. The number of aryl methyl sites for hydroxylation is 1. The van der Waals surface area contributed by atoms with Crippen molar-refractivity contribution in [2.45, 2.75) is 57.4 Å². The largest absolute Gasteiger partial charge is 0.494 e. The van der Waals surface area contributed by atoms with E-state index < -0.39 is 23.8 Å². The molecule has 0 saturated heterocycles. The maximum atomic E-state index is 13.1. The Kier molecular flexibility index (Phi) is 11.8. The van der Waals surface area contributed by atoms with Gasteiger partial charge in [0.1, 0.15) is 17.2 Å². The first kappa shape index (κ1) is 31.4. The number of hydrogen-bond acceptors (Lipinski definition) is 6. The number of aromatic carboxylic acids is 1. The van der Waals surface area contributed by atoms with Gasteiger partial charge in [0, 0.05) is 6.04 Å². The van der Waals surface area contributed by atoms with E-state index in [1.54, 1.807) is 0 Å². The zero-order valence-electron chi connectivity index (χ0n) is 24.2. The molecule has 1 aliphatic carbocycles. The Labute approximate surface area is 251 Å². The third-order valence-corrected chi connectivity index (χ3v) is 7.44. The first-order valence-electron chi connectivity index (χ1n) is 14.8. The van der Waals surface area contributed by atoms with Crippen molar-refractivity contribution in [1.82, 2.24) is 5.32 Å². The summed E-state index contributed by atoms with van der Waals surface area (Å²) in [5.74, 6) is -0.984. The second kappa shape index (κ2) is 16.2. The van der Waals surface area contributed by atoms with Crippen LogP contribution in [-0.4, -0.2) is 53.9 Å². The van der Waals surface area contributed by atoms with Crippen LogP contribution in [0.5, 0.6) is 17.2 Å². The molecule has 0 radical (unpaired) electrons.